The first-order chi connectivity index (χ1) is 9.43. The molecule has 0 aliphatic carbocycles. The summed E-state index contributed by atoms with van der Waals surface area (Å²) in [6, 6.07) is 1.68. The van der Waals surface area contributed by atoms with Crippen molar-refractivity contribution in [2.45, 2.75) is 6.42 Å². The summed E-state index contributed by atoms with van der Waals surface area (Å²) < 4.78 is 14.0. The average molecular weight is 283 g/mol. The van der Waals surface area contributed by atoms with Gasteiger partial charge in [-0.3, -0.25) is 10.1 Å². The number of benzene rings is 1. The summed E-state index contributed by atoms with van der Waals surface area (Å²) in [6.45, 7) is 1.54. The van der Waals surface area contributed by atoms with Gasteiger partial charge in [-0.1, -0.05) is 0 Å². The summed E-state index contributed by atoms with van der Waals surface area (Å²) in [5.74, 6) is -2.02. The van der Waals surface area contributed by atoms with Crippen LogP contribution in [0.3, 0.4) is 0 Å². The van der Waals surface area contributed by atoms with Crippen molar-refractivity contribution in [1.29, 1.82) is 0 Å². The van der Waals surface area contributed by atoms with E-state index in [-0.39, 0.29) is 11.6 Å². The van der Waals surface area contributed by atoms with Crippen molar-refractivity contribution >= 4 is 17.3 Å². The number of nitrogens with two attached hydrogens (primary N) is 1. The molecular formula is C12H14FN3O4. The van der Waals surface area contributed by atoms with E-state index >= 15 is 0 Å². The normalized spacial score (nSPS) is 18.3. The molecule has 0 aromatic heterocycles. The molecule has 108 valence electrons. The molecule has 0 saturated carbocycles. The van der Waals surface area contributed by atoms with E-state index in [9.17, 15) is 19.3 Å². The third-order valence-electron chi connectivity index (χ3n) is 3.45. The van der Waals surface area contributed by atoms with Crippen LogP contribution in [0.25, 0.3) is 0 Å². The molecule has 0 spiro atoms. The predicted octanol–water partition coefficient (Wildman–Crippen LogP) is 1.22. The van der Waals surface area contributed by atoms with Gasteiger partial charge in [0.15, 0.2) is 5.82 Å². The highest BCUT2D eigenvalue weighted by atomic mass is 19.1. The number of nitro benzene ring substituents is 1. The van der Waals surface area contributed by atoms with Crippen LogP contribution in [-0.4, -0.2) is 35.6 Å². The van der Waals surface area contributed by atoms with Gasteiger partial charge in [0.2, 0.25) is 0 Å². The lowest BCUT2D eigenvalue weighted by Crippen LogP contribution is -2.24. The van der Waals surface area contributed by atoms with Gasteiger partial charge < -0.3 is 15.7 Å². The fourth-order valence-corrected chi connectivity index (χ4v) is 2.36. The SMILES string of the molecule is NCC1CCN(c2cc(C(=O)O)c([N+](=O)[O-])cc2F)C1. The quantitative estimate of drug-likeness (QED) is 0.635. The van der Waals surface area contributed by atoms with Gasteiger partial charge in [0.05, 0.1) is 16.7 Å². The molecule has 0 radical (unpaired) electrons. The van der Waals surface area contributed by atoms with Crippen LogP contribution >= 0.6 is 0 Å². The highest BCUT2D eigenvalue weighted by Gasteiger charge is 2.28. The van der Waals surface area contributed by atoms with Gasteiger partial charge in [-0.05, 0) is 24.9 Å². The summed E-state index contributed by atoms with van der Waals surface area (Å²) in [7, 11) is 0. The Hall–Kier alpha value is -2.22. The van der Waals surface area contributed by atoms with E-state index < -0.39 is 28.0 Å². The molecule has 1 saturated heterocycles. The van der Waals surface area contributed by atoms with Crippen molar-refractivity contribution in [3.8, 4) is 0 Å². The Morgan fingerprint density at radius 2 is 2.30 bits per heavy atom. The zero-order valence-electron chi connectivity index (χ0n) is 10.6. The van der Waals surface area contributed by atoms with Gasteiger partial charge in [0, 0.05) is 13.1 Å². The highest BCUT2D eigenvalue weighted by molar-refractivity contribution is 5.93. The van der Waals surface area contributed by atoms with Crippen molar-refractivity contribution in [3.05, 3.63) is 33.6 Å². The Bertz CT molecular complexity index is 564. The van der Waals surface area contributed by atoms with Crippen LogP contribution in [0, 0.1) is 21.8 Å². The van der Waals surface area contributed by atoms with Crippen molar-refractivity contribution in [2.75, 3.05) is 24.5 Å². The average Bonchev–Trinajstić information content (AvgIpc) is 2.86. The summed E-state index contributed by atoms with van der Waals surface area (Å²) in [6.07, 6.45) is 0.787. The number of anilines is 1. The second-order valence-electron chi connectivity index (χ2n) is 4.72. The topological polar surface area (TPSA) is 110 Å². The van der Waals surface area contributed by atoms with Crippen molar-refractivity contribution in [1.82, 2.24) is 0 Å². The predicted molar refractivity (Wildman–Crippen MR) is 69.4 cm³/mol. The van der Waals surface area contributed by atoms with E-state index in [0.717, 1.165) is 12.5 Å². The van der Waals surface area contributed by atoms with Crippen LogP contribution < -0.4 is 10.6 Å². The summed E-state index contributed by atoms with van der Waals surface area (Å²) >= 11 is 0. The number of carboxylic acids is 1. The molecule has 20 heavy (non-hydrogen) atoms. The first-order valence-electron chi connectivity index (χ1n) is 6.10. The van der Waals surface area contributed by atoms with E-state index in [2.05, 4.69) is 0 Å². The number of nitrogens with zero attached hydrogens (tertiary/aromatic N) is 2. The zero-order valence-corrected chi connectivity index (χ0v) is 10.6. The number of rotatable bonds is 4. The number of hydrogen-bond donors (Lipinski definition) is 2. The first-order valence-corrected chi connectivity index (χ1v) is 6.10. The highest BCUT2D eigenvalue weighted by Crippen LogP contribution is 2.31. The molecule has 0 bridgehead atoms. The standard InChI is InChI=1S/C12H14FN3O4/c13-9-4-10(16(19)20)8(12(17)18)3-11(9)15-2-1-7(5-14)6-15/h3-4,7H,1-2,5-6,14H2,(H,17,18). The molecule has 1 unspecified atom stereocenters. The fraction of sp³-hybridized carbons (Fsp3) is 0.417. The summed E-state index contributed by atoms with van der Waals surface area (Å²) in [4.78, 5) is 22.6. The van der Waals surface area contributed by atoms with Gasteiger partial charge in [-0.15, -0.1) is 0 Å². The molecular weight excluding hydrogens is 269 g/mol. The molecule has 8 heteroatoms. The van der Waals surface area contributed by atoms with Gasteiger partial charge in [-0.2, -0.15) is 0 Å². The molecule has 3 N–H and O–H groups in total. The fourth-order valence-electron chi connectivity index (χ4n) is 2.36. The molecule has 2 rings (SSSR count). The van der Waals surface area contributed by atoms with E-state index in [1.165, 1.54) is 0 Å². The largest absolute Gasteiger partial charge is 0.477 e. The van der Waals surface area contributed by atoms with Crippen LogP contribution in [0.2, 0.25) is 0 Å². The van der Waals surface area contributed by atoms with E-state index in [0.29, 0.717) is 25.7 Å². The monoisotopic (exact) mass is 283 g/mol. The van der Waals surface area contributed by atoms with Gasteiger partial charge in [-0.25, -0.2) is 9.18 Å². The number of carbonyl (C=O) groups is 1. The van der Waals surface area contributed by atoms with Crippen LogP contribution in [0.1, 0.15) is 16.8 Å². The van der Waals surface area contributed by atoms with E-state index in [1.54, 1.807) is 4.90 Å². The van der Waals surface area contributed by atoms with Gasteiger partial charge >= 0.3 is 5.97 Å². The van der Waals surface area contributed by atoms with E-state index in [4.69, 9.17) is 10.8 Å². The van der Waals surface area contributed by atoms with Crippen molar-refractivity contribution < 1.29 is 19.2 Å². The summed E-state index contributed by atoms with van der Waals surface area (Å²) in [5, 5.41) is 19.8. The third kappa shape index (κ3) is 2.55. The lowest BCUT2D eigenvalue weighted by molar-refractivity contribution is -0.385. The Kier molecular flexibility index (Phi) is 3.84. The second-order valence-corrected chi connectivity index (χ2v) is 4.72. The maximum Gasteiger partial charge on any atom is 0.342 e. The molecule has 1 fully saturated rings. The molecule has 7 nitrogen and oxygen atoms in total. The minimum absolute atomic E-state index is 0.0731. The maximum atomic E-state index is 14.0. The number of carboxylic acid groups (broad SMARTS) is 1. The molecule has 1 heterocycles. The van der Waals surface area contributed by atoms with Gasteiger partial charge in [0.25, 0.3) is 5.69 Å². The Morgan fingerprint density at radius 3 is 2.80 bits per heavy atom. The number of aromatic carboxylic acids is 1. The molecule has 1 aromatic carbocycles. The molecule has 1 atom stereocenters. The molecule has 1 aliphatic heterocycles. The van der Waals surface area contributed by atoms with Crippen LogP contribution in [-0.2, 0) is 0 Å². The summed E-state index contributed by atoms with van der Waals surface area (Å²) in [5.41, 5.74) is 4.37. The van der Waals surface area contributed by atoms with Crippen LogP contribution in [0.15, 0.2) is 12.1 Å². The Morgan fingerprint density at radius 1 is 1.60 bits per heavy atom. The van der Waals surface area contributed by atoms with Crippen molar-refractivity contribution in [2.24, 2.45) is 11.7 Å². The van der Waals surface area contributed by atoms with Gasteiger partial charge in [0.1, 0.15) is 5.56 Å². The molecule has 1 aromatic rings. The first kappa shape index (κ1) is 14.2. The third-order valence-corrected chi connectivity index (χ3v) is 3.45. The van der Waals surface area contributed by atoms with Crippen LogP contribution in [0.5, 0.6) is 0 Å². The van der Waals surface area contributed by atoms with Crippen molar-refractivity contribution in [3.63, 3.8) is 0 Å². The minimum Gasteiger partial charge on any atom is -0.477 e. The molecule has 1 aliphatic rings. The Labute approximate surface area is 113 Å². The lowest BCUT2D eigenvalue weighted by atomic mass is 10.1. The van der Waals surface area contributed by atoms with Crippen LogP contribution in [0.4, 0.5) is 15.8 Å². The number of halogens is 1. The lowest BCUT2D eigenvalue weighted by Gasteiger charge is -2.19. The number of hydrogen-bond acceptors (Lipinski definition) is 5. The smallest absolute Gasteiger partial charge is 0.342 e. The second kappa shape index (κ2) is 5.41. The number of nitro groups is 1. The minimum atomic E-state index is -1.45. The molecule has 0 amide bonds. The Balaban J connectivity index is 2.42. The maximum absolute atomic E-state index is 14.0. The van der Waals surface area contributed by atoms with E-state index in [1.807, 2.05) is 0 Å². The zero-order chi connectivity index (χ0) is 14.9.